The largest absolute Gasteiger partial charge is 0.484 e. The van der Waals surface area contributed by atoms with Crippen molar-refractivity contribution < 1.29 is 19.1 Å². The minimum Gasteiger partial charge on any atom is -0.484 e. The third-order valence-corrected chi connectivity index (χ3v) is 4.54. The van der Waals surface area contributed by atoms with Crippen LogP contribution < -0.4 is 15.4 Å². The summed E-state index contributed by atoms with van der Waals surface area (Å²) in [5.74, 6) is 0.233. The second-order valence-corrected chi connectivity index (χ2v) is 6.99. The SMILES string of the molecule is Cc1ccc(OCC(=O)NC(=S)Nc2ccc(C(=O)N3CCOCC3)cc2)cc1. The lowest BCUT2D eigenvalue weighted by molar-refractivity contribution is -0.121. The van der Waals surface area contributed by atoms with E-state index in [0.717, 1.165) is 5.56 Å². The van der Waals surface area contributed by atoms with E-state index in [0.29, 0.717) is 43.3 Å². The van der Waals surface area contributed by atoms with Gasteiger partial charge in [0.2, 0.25) is 0 Å². The molecule has 7 nitrogen and oxygen atoms in total. The van der Waals surface area contributed by atoms with Crippen molar-refractivity contribution in [3.8, 4) is 5.75 Å². The Hall–Kier alpha value is -2.97. The lowest BCUT2D eigenvalue weighted by Crippen LogP contribution is -2.40. The summed E-state index contributed by atoms with van der Waals surface area (Å²) < 4.78 is 10.7. The third kappa shape index (κ3) is 6.27. The lowest BCUT2D eigenvalue weighted by Gasteiger charge is -2.26. The number of anilines is 1. The normalized spacial score (nSPS) is 13.5. The maximum absolute atomic E-state index is 12.4. The van der Waals surface area contributed by atoms with Gasteiger partial charge in [0.1, 0.15) is 5.75 Å². The first kappa shape index (κ1) is 20.8. The van der Waals surface area contributed by atoms with Crippen LogP contribution in [-0.4, -0.2) is 54.7 Å². The van der Waals surface area contributed by atoms with Crippen molar-refractivity contribution in [1.82, 2.24) is 10.2 Å². The third-order valence-electron chi connectivity index (χ3n) is 4.33. The summed E-state index contributed by atoms with van der Waals surface area (Å²) in [6.45, 7) is 4.16. The Labute approximate surface area is 175 Å². The van der Waals surface area contributed by atoms with Crippen molar-refractivity contribution in [2.45, 2.75) is 6.92 Å². The van der Waals surface area contributed by atoms with Crippen molar-refractivity contribution in [3.05, 3.63) is 59.7 Å². The van der Waals surface area contributed by atoms with Crippen LogP contribution in [0.4, 0.5) is 5.69 Å². The fourth-order valence-corrected chi connectivity index (χ4v) is 2.99. The van der Waals surface area contributed by atoms with E-state index >= 15 is 0 Å². The van der Waals surface area contributed by atoms with Gasteiger partial charge < -0.3 is 19.7 Å². The van der Waals surface area contributed by atoms with Crippen molar-refractivity contribution in [3.63, 3.8) is 0 Å². The summed E-state index contributed by atoms with van der Waals surface area (Å²) in [5.41, 5.74) is 2.39. The van der Waals surface area contributed by atoms with Gasteiger partial charge in [-0.25, -0.2) is 0 Å². The topological polar surface area (TPSA) is 79.9 Å². The van der Waals surface area contributed by atoms with E-state index < -0.39 is 0 Å². The quantitative estimate of drug-likeness (QED) is 0.733. The number of carbonyl (C=O) groups is 2. The van der Waals surface area contributed by atoms with E-state index in [1.54, 1.807) is 41.3 Å². The molecule has 0 atom stereocenters. The Morgan fingerprint density at radius 1 is 1.07 bits per heavy atom. The molecule has 152 valence electrons. The molecule has 0 bridgehead atoms. The predicted molar refractivity (Wildman–Crippen MR) is 114 cm³/mol. The fourth-order valence-electron chi connectivity index (χ4n) is 2.75. The Bertz CT molecular complexity index is 862. The van der Waals surface area contributed by atoms with Gasteiger partial charge in [0.25, 0.3) is 11.8 Å². The van der Waals surface area contributed by atoms with Gasteiger partial charge in [-0.2, -0.15) is 0 Å². The molecule has 1 aliphatic heterocycles. The van der Waals surface area contributed by atoms with Crippen molar-refractivity contribution in [2.24, 2.45) is 0 Å². The van der Waals surface area contributed by atoms with Gasteiger partial charge >= 0.3 is 0 Å². The smallest absolute Gasteiger partial charge is 0.264 e. The molecule has 0 aromatic heterocycles. The second-order valence-electron chi connectivity index (χ2n) is 6.59. The summed E-state index contributed by atoms with van der Waals surface area (Å²) in [7, 11) is 0. The van der Waals surface area contributed by atoms with Crippen LogP contribution in [0.25, 0.3) is 0 Å². The number of hydrogen-bond donors (Lipinski definition) is 2. The van der Waals surface area contributed by atoms with Gasteiger partial charge in [-0.1, -0.05) is 17.7 Å². The molecule has 1 saturated heterocycles. The van der Waals surface area contributed by atoms with Gasteiger partial charge in [0.15, 0.2) is 11.7 Å². The average Bonchev–Trinajstić information content (AvgIpc) is 2.74. The minimum atomic E-state index is -0.359. The molecule has 1 fully saturated rings. The summed E-state index contributed by atoms with van der Waals surface area (Å²) in [6.07, 6.45) is 0. The second kappa shape index (κ2) is 9.99. The molecular weight excluding hydrogens is 390 g/mol. The number of nitrogens with one attached hydrogen (secondary N) is 2. The summed E-state index contributed by atoms with van der Waals surface area (Å²) in [4.78, 5) is 26.2. The number of hydrogen-bond acceptors (Lipinski definition) is 5. The summed E-state index contributed by atoms with van der Waals surface area (Å²) in [6, 6.07) is 14.4. The molecule has 1 heterocycles. The van der Waals surface area contributed by atoms with E-state index in [9.17, 15) is 9.59 Å². The maximum Gasteiger partial charge on any atom is 0.264 e. The van der Waals surface area contributed by atoms with E-state index in [-0.39, 0.29) is 23.5 Å². The van der Waals surface area contributed by atoms with Crippen molar-refractivity contribution in [1.29, 1.82) is 0 Å². The monoisotopic (exact) mass is 413 g/mol. The van der Waals surface area contributed by atoms with Gasteiger partial charge in [0.05, 0.1) is 13.2 Å². The number of nitrogens with zero attached hydrogens (tertiary/aromatic N) is 1. The van der Waals surface area contributed by atoms with E-state index in [1.165, 1.54) is 0 Å². The molecule has 0 radical (unpaired) electrons. The van der Waals surface area contributed by atoms with E-state index in [4.69, 9.17) is 21.7 Å². The Balaban J connectivity index is 1.45. The molecule has 29 heavy (non-hydrogen) atoms. The van der Waals surface area contributed by atoms with E-state index in [1.807, 2.05) is 19.1 Å². The Morgan fingerprint density at radius 3 is 2.38 bits per heavy atom. The van der Waals surface area contributed by atoms with Crippen molar-refractivity contribution in [2.75, 3.05) is 38.2 Å². The first-order valence-corrected chi connectivity index (χ1v) is 9.69. The summed E-state index contributed by atoms with van der Waals surface area (Å²) >= 11 is 5.16. The van der Waals surface area contributed by atoms with E-state index in [2.05, 4.69) is 10.6 Å². The van der Waals surface area contributed by atoms with Crippen molar-refractivity contribution >= 4 is 34.8 Å². The van der Waals surface area contributed by atoms with Crippen LogP contribution in [-0.2, 0) is 9.53 Å². The van der Waals surface area contributed by atoms with Crippen LogP contribution in [0.1, 0.15) is 15.9 Å². The van der Waals surface area contributed by atoms with Crippen LogP contribution in [0.15, 0.2) is 48.5 Å². The molecule has 0 saturated carbocycles. The molecule has 3 rings (SSSR count). The highest BCUT2D eigenvalue weighted by Crippen LogP contribution is 2.13. The van der Waals surface area contributed by atoms with Crippen LogP contribution in [0.2, 0.25) is 0 Å². The van der Waals surface area contributed by atoms with Gasteiger partial charge in [0, 0.05) is 24.3 Å². The first-order valence-electron chi connectivity index (χ1n) is 9.28. The molecule has 0 aliphatic carbocycles. The Kier molecular flexibility index (Phi) is 7.15. The Morgan fingerprint density at radius 2 is 1.72 bits per heavy atom. The zero-order valence-corrected chi connectivity index (χ0v) is 17.0. The number of aryl methyl sites for hydroxylation is 1. The van der Waals surface area contributed by atoms with Gasteiger partial charge in [-0.15, -0.1) is 0 Å². The predicted octanol–water partition coefficient (Wildman–Crippen LogP) is 2.36. The number of morpholine rings is 1. The van der Waals surface area contributed by atoms with Crippen LogP contribution in [0.5, 0.6) is 5.75 Å². The standard InChI is InChI=1S/C21H23N3O4S/c1-15-2-8-18(9-3-15)28-14-19(25)23-21(29)22-17-6-4-16(5-7-17)20(26)24-10-12-27-13-11-24/h2-9H,10-14H2,1H3,(H2,22,23,25,29). The van der Waals surface area contributed by atoms with Crippen LogP contribution in [0, 0.1) is 6.92 Å². The maximum atomic E-state index is 12.4. The average molecular weight is 413 g/mol. The lowest BCUT2D eigenvalue weighted by atomic mass is 10.1. The zero-order valence-electron chi connectivity index (χ0n) is 16.1. The molecule has 1 aliphatic rings. The molecule has 2 aromatic rings. The molecule has 2 amide bonds. The number of carbonyl (C=O) groups excluding carboxylic acids is 2. The van der Waals surface area contributed by atoms with Gasteiger partial charge in [-0.3, -0.25) is 14.9 Å². The highest BCUT2D eigenvalue weighted by molar-refractivity contribution is 7.80. The zero-order chi connectivity index (χ0) is 20.6. The summed E-state index contributed by atoms with van der Waals surface area (Å²) in [5, 5.41) is 5.65. The molecule has 0 spiro atoms. The molecular formula is C21H23N3O4S. The number of benzene rings is 2. The van der Waals surface area contributed by atoms with Crippen LogP contribution in [0.3, 0.4) is 0 Å². The highest BCUT2D eigenvalue weighted by atomic mass is 32.1. The fraction of sp³-hybridized carbons (Fsp3) is 0.286. The van der Waals surface area contributed by atoms with Crippen LogP contribution >= 0.6 is 12.2 Å². The first-order chi connectivity index (χ1) is 14.0. The minimum absolute atomic E-state index is 0.0241. The number of ether oxygens (including phenoxy) is 2. The van der Waals surface area contributed by atoms with Gasteiger partial charge in [-0.05, 0) is 55.5 Å². The highest BCUT2D eigenvalue weighted by Gasteiger charge is 2.18. The molecule has 2 N–H and O–H groups in total. The number of rotatable bonds is 5. The molecule has 0 unspecified atom stereocenters. The molecule has 8 heteroatoms. The molecule has 2 aromatic carbocycles. The number of amides is 2. The number of thiocarbonyl (C=S) groups is 1.